The molecule has 0 atom stereocenters. The molecule has 3 aromatic rings. The van der Waals surface area contributed by atoms with Gasteiger partial charge in [0.25, 0.3) is 5.56 Å². The van der Waals surface area contributed by atoms with Gasteiger partial charge in [0, 0.05) is 6.07 Å². The van der Waals surface area contributed by atoms with E-state index in [1.165, 1.54) is 10.7 Å². The van der Waals surface area contributed by atoms with Crippen LogP contribution in [0, 0.1) is 6.92 Å². The van der Waals surface area contributed by atoms with Gasteiger partial charge in [0.05, 0.1) is 11.7 Å². The zero-order valence-corrected chi connectivity index (χ0v) is 13.9. The molecule has 0 saturated heterocycles. The summed E-state index contributed by atoms with van der Waals surface area (Å²) < 4.78 is 1.18. The molecule has 0 fully saturated rings. The van der Waals surface area contributed by atoms with Crippen LogP contribution in [-0.4, -0.2) is 15.7 Å². The van der Waals surface area contributed by atoms with E-state index in [0.29, 0.717) is 5.69 Å². The van der Waals surface area contributed by atoms with Crippen LogP contribution < -0.4 is 10.9 Å². The van der Waals surface area contributed by atoms with Gasteiger partial charge in [-0.25, -0.2) is 4.68 Å². The number of carbonyl (C=O) groups is 1. The maximum absolute atomic E-state index is 12.5. The van der Waals surface area contributed by atoms with E-state index < -0.39 is 0 Å². The summed E-state index contributed by atoms with van der Waals surface area (Å²) in [5.41, 5.74) is 2.35. The van der Waals surface area contributed by atoms with Crippen molar-refractivity contribution in [2.45, 2.75) is 19.5 Å². The number of carbonyl (C=O) groups excluding carboxylic acids is 1. The first kappa shape index (κ1) is 16.6. The van der Waals surface area contributed by atoms with E-state index in [1.807, 2.05) is 60.7 Å². The minimum absolute atomic E-state index is 0.114. The zero-order chi connectivity index (χ0) is 17.6. The van der Waals surface area contributed by atoms with Crippen LogP contribution in [0.2, 0.25) is 0 Å². The average Bonchev–Trinajstić information content (AvgIpc) is 2.64. The zero-order valence-electron chi connectivity index (χ0n) is 13.9. The van der Waals surface area contributed by atoms with E-state index in [1.54, 1.807) is 13.0 Å². The molecule has 0 spiro atoms. The Balaban J connectivity index is 1.84. The summed E-state index contributed by atoms with van der Waals surface area (Å²) >= 11 is 0. The van der Waals surface area contributed by atoms with Gasteiger partial charge in [-0.1, -0.05) is 60.7 Å². The summed E-state index contributed by atoms with van der Waals surface area (Å²) in [5.74, 6) is -0.266. The van der Waals surface area contributed by atoms with E-state index in [0.717, 1.165) is 11.1 Å². The molecule has 1 heterocycles. The van der Waals surface area contributed by atoms with Gasteiger partial charge in [-0.2, -0.15) is 5.10 Å². The van der Waals surface area contributed by atoms with Crippen molar-refractivity contribution in [1.29, 1.82) is 0 Å². The van der Waals surface area contributed by atoms with Crippen molar-refractivity contribution in [2.24, 2.45) is 0 Å². The second kappa shape index (κ2) is 7.57. The smallest absolute Gasteiger partial charge is 0.267 e. The molecule has 1 aromatic heterocycles. The Morgan fingerprint density at radius 1 is 0.960 bits per heavy atom. The number of aromatic nitrogens is 2. The number of hydrogen-bond donors (Lipinski definition) is 1. The molecule has 0 aliphatic heterocycles. The molecule has 0 radical (unpaired) electrons. The van der Waals surface area contributed by atoms with Crippen molar-refractivity contribution in [3.63, 3.8) is 0 Å². The van der Waals surface area contributed by atoms with Crippen LogP contribution in [0.5, 0.6) is 0 Å². The molecule has 0 aliphatic rings. The van der Waals surface area contributed by atoms with Crippen LogP contribution in [-0.2, 0) is 11.3 Å². The summed E-state index contributed by atoms with van der Waals surface area (Å²) in [6.45, 7) is 1.67. The number of aryl methyl sites for hydroxylation is 1. The lowest BCUT2D eigenvalue weighted by Gasteiger charge is -2.20. The SMILES string of the molecule is Cc1ccc(=O)n(CC(=O)NC(c2ccccc2)c2ccccc2)n1. The lowest BCUT2D eigenvalue weighted by molar-refractivity contribution is -0.122. The van der Waals surface area contributed by atoms with Crippen molar-refractivity contribution in [3.05, 3.63) is 100.0 Å². The predicted octanol–water partition coefficient (Wildman–Crippen LogP) is 2.46. The van der Waals surface area contributed by atoms with E-state index in [2.05, 4.69) is 10.4 Å². The molecule has 0 aliphatic carbocycles. The first-order chi connectivity index (χ1) is 12.1. The summed E-state index contributed by atoms with van der Waals surface area (Å²) in [5, 5.41) is 7.11. The number of nitrogens with one attached hydrogen (secondary N) is 1. The third-order valence-corrected chi connectivity index (χ3v) is 3.86. The van der Waals surface area contributed by atoms with E-state index in [-0.39, 0.29) is 24.1 Å². The Labute approximate surface area is 145 Å². The van der Waals surface area contributed by atoms with Gasteiger partial charge < -0.3 is 5.32 Å². The molecule has 0 unspecified atom stereocenters. The van der Waals surface area contributed by atoms with Gasteiger partial charge in [0.2, 0.25) is 5.91 Å². The first-order valence-corrected chi connectivity index (χ1v) is 8.07. The fourth-order valence-corrected chi connectivity index (χ4v) is 2.66. The maximum atomic E-state index is 12.5. The molecule has 5 heteroatoms. The van der Waals surface area contributed by atoms with Crippen molar-refractivity contribution in [3.8, 4) is 0 Å². The Morgan fingerprint density at radius 3 is 2.08 bits per heavy atom. The fraction of sp³-hybridized carbons (Fsp3) is 0.150. The van der Waals surface area contributed by atoms with Crippen LogP contribution >= 0.6 is 0 Å². The van der Waals surface area contributed by atoms with Gasteiger partial charge in [-0.15, -0.1) is 0 Å². The van der Waals surface area contributed by atoms with E-state index >= 15 is 0 Å². The number of amides is 1. The van der Waals surface area contributed by atoms with Crippen LogP contribution in [0.15, 0.2) is 77.6 Å². The third-order valence-electron chi connectivity index (χ3n) is 3.86. The molecular formula is C20H19N3O2. The molecule has 2 aromatic carbocycles. The molecule has 5 nitrogen and oxygen atoms in total. The first-order valence-electron chi connectivity index (χ1n) is 8.07. The van der Waals surface area contributed by atoms with Gasteiger partial charge in [0.1, 0.15) is 6.54 Å². The topological polar surface area (TPSA) is 64.0 Å². The summed E-state index contributed by atoms with van der Waals surface area (Å²) in [4.78, 5) is 24.4. The normalized spacial score (nSPS) is 10.6. The van der Waals surface area contributed by atoms with Crippen molar-refractivity contribution in [1.82, 2.24) is 15.1 Å². The van der Waals surface area contributed by atoms with Crippen molar-refractivity contribution >= 4 is 5.91 Å². The van der Waals surface area contributed by atoms with Crippen LogP contribution in [0.3, 0.4) is 0 Å². The Kier molecular flexibility index (Phi) is 5.04. The standard InChI is InChI=1S/C20H19N3O2/c1-15-12-13-19(25)23(22-15)14-18(24)21-20(16-8-4-2-5-9-16)17-10-6-3-7-11-17/h2-13,20H,14H2,1H3,(H,21,24). The minimum atomic E-state index is -0.295. The molecule has 25 heavy (non-hydrogen) atoms. The van der Waals surface area contributed by atoms with Crippen LogP contribution in [0.1, 0.15) is 22.9 Å². The lowest BCUT2D eigenvalue weighted by Crippen LogP contribution is -2.36. The van der Waals surface area contributed by atoms with Gasteiger partial charge in [-0.05, 0) is 24.1 Å². The summed E-state index contributed by atoms with van der Waals surface area (Å²) in [6, 6.07) is 22.2. The molecule has 0 saturated carbocycles. The highest BCUT2D eigenvalue weighted by Gasteiger charge is 2.17. The van der Waals surface area contributed by atoms with Crippen LogP contribution in [0.4, 0.5) is 0 Å². The van der Waals surface area contributed by atoms with Crippen molar-refractivity contribution in [2.75, 3.05) is 0 Å². The Bertz CT molecular complexity index is 865. The van der Waals surface area contributed by atoms with Crippen molar-refractivity contribution < 1.29 is 4.79 Å². The second-order valence-electron chi connectivity index (χ2n) is 5.79. The van der Waals surface area contributed by atoms with Gasteiger partial charge in [-0.3, -0.25) is 9.59 Å². The Hall–Kier alpha value is -3.21. The second-order valence-corrected chi connectivity index (χ2v) is 5.79. The van der Waals surface area contributed by atoms with Crippen LogP contribution in [0.25, 0.3) is 0 Å². The molecule has 1 N–H and O–H groups in total. The number of rotatable bonds is 5. The summed E-state index contributed by atoms with van der Waals surface area (Å²) in [6.07, 6.45) is 0. The highest BCUT2D eigenvalue weighted by atomic mass is 16.2. The highest BCUT2D eigenvalue weighted by Crippen LogP contribution is 2.21. The lowest BCUT2D eigenvalue weighted by atomic mass is 9.99. The fourth-order valence-electron chi connectivity index (χ4n) is 2.66. The largest absolute Gasteiger partial charge is 0.344 e. The van der Waals surface area contributed by atoms with Gasteiger partial charge >= 0.3 is 0 Å². The molecule has 0 bridgehead atoms. The van der Waals surface area contributed by atoms with E-state index in [9.17, 15) is 9.59 Å². The van der Waals surface area contributed by atoms with Gasteiger partial charge in [0.15, 0.2) is 0 Å². The quantitative estimate of drug-likeness (QED) is 0.780. The average molecular weight is 333 g/mol. The molecule has 1 amide bonds. The number of hydrogen-bond acceptors (Lipinski definition) is 3. The third kappa shape index (κ3) is 4.20. The maximum Gasteiger partial charge on any atom is 0.267 e. The molecular weight excluding hydrogens is 314 g/mol. The molecule has 126 valence electrons. The number of benzene rings is 2. The monoisotopic (exact) mass is 333 g/mol. The molecule has 3 rings (SSSR count). The minimum Gasteiger partial charge on any atom is -0.344 e. The Morgan fingerprint density at radius 2 is 1.52 bits per heavy atom. The number of nitrogens with zero attached hydrogens (tertiary/aromatic N) is 2. The van der Waals surface area contributed by atoms with E-state index in [4.69, 9.17) is 0 Å². The predicted molar refractivity (Wildman–Crippen MR) is 96.1 cm³/mol. The highest BCUT2D eigenvalue weighted by molar-refractivity contribution is 5.76. The summed E-state index contributed by atoms with van der Waals surface area (Å²) in [7, 11) is 0.